The summed E-state index contributed by atoms with van der Waals surface area (Å²) in [4.78, 5) is 9.86. The van der Waals surface area contributed by atoms with Crippen molar-refractivity contribution in [2.45, 2.75) is 138 Å². The molecule has 13 heteroatoms. The summed E-state index contributed by atoms with van der Waals surface area (Å²) in [5.74, 6) is -5.34. The van der Waals surface area contributed by atoms with Crippen molar-refractivity contribution in [2.75, 3.05) is 0 Å². The van der Waals surface area contributed by atoms with Crippen LogP contribution in [0, 0.1) is 49.4 Å². The number of carbonyl (C=O) groups is 1. The van der Waals surface area contributed by atoms with Crippen molar-refractivity contribution in [3.05, 3.63) is 11.8 Å². The molecule has 4 nitrogen and oxygen atoms in total. The Bertz CT molecular complexity index is 762. The van der Waals surface area contributed by atoms with Gasteiger partial charge in [-0.3, -0.25) is 9.36 Å². The predicted octanol–water partition coefficient (Wildman–Crippen LogP) is 9.52. The number of aliphatic hydroxyl groups is 1. The summed E-state index contributed by atoms with van der Waals surface area (Å²) < 4.78 is 92.0. The standard InChI is InChI=1S/C15H27OP.C5H2F6O2.C5H9OP.Eu/c16-17(13-7-1-2-8-13,14-9-3-4-10-14)15-11-5-6-12-15;6-4(7,8)2(12)1-3(13)5(9,10)11;6-7-5-3-1-2-4-5;/h13-15H,1-12H2;1,12H;5H,1-4H2;/b;2-1-;;. The van der Waals surface area contributed by atoms with Gasteiger partial charge in [0, 0.05) is 78.1 Å². The smallest absolute Gasteiger partial charge is 0.454 e. The molecule has 38 heavy (non-hydrogen) atoms. The topological polar surface area (TPSA) is 71.4 Å². The van der Waals surface area contributed by atoms with Gasteiger partial charge >= 0.3 is 12.4 Å². The van der Waals surface area contributed by atoms with Crippen LogP contribution in [-0.2, 0) is 13.9 Å². The molecule has 4 fully saturated rings. The first-order valence-electron chi connectivity index (χ1n) is 13.3. The van der Waals surface area contributed by atoms with E-state index >= 15 is 0 Å². The molecule has 4 rings (SSSR count). The second-order valence-electron chi connectivity index (χ2n) is 10.5. The van der Waals surface area contributed by atoms with Crippen LogP contribution in [0.25, 0.3) is 0 Å². The zero-order valence-corrected chi connectivity index (χ0v) is 25.6. The van der Waals surface area contributed by atoms with Gasteiger partial charge in [-0.15, -0.1) is 0 Å². The van der Waals surface area contributed by atoms with Gasteiger partial charge in [0.1, 0.15) is 0 Å². The van der Waals surface area contributed by atoms with E-state index in [2.05, 4.69) is 0 Å². The Balaban J connectivity index is 0.000000306. The maximum absolute atomic E-state index is 13.8. The van der Waals surface area contributed by atoms with E-state index in [-0.39, 0.29) is 49.4 Å². The van der Waals surface area contributed by atoms with Crippen molar-refractivity contribution >= 4 is 21.4 Å². The van der Waals surface area contributed by atoms with E-state index in [0.29, 0.717) is 31.1 Å². The van der Waals surface area contributed by atoms with E-state index < -0.39 is 37.1 Å². The predicted molar refractivity (Wildman–Crippen MR) is 132 cm³/mol. The number of hydrogen-bond donors (Lipinski definition) is 1. The molecule has 0 amide bonds. The molecule has 221 valence electrons. The van der Waals surface area contributed by atoms with Gasteiger partial charge in [0.25, 0.3) is 5.78 Å². The molecule has 0 spiro atoms. The Labute approximate surface area is 263 Å². The monoisotopic (exact) mass is 731 g/mol. The molecule has 0 heterocycles. The summed E-state index contributed by atoms with van der Waals surface area (Å²) in [6.07, 6.45) is 9.18. The first-order chi connectivity index (χ1) is 17.3. The molecular weight excluding hydrogens is 692 g/mol. The Kier molecular flexibility index (Phi) is 16.4. The van der Waals surface area contributed by atoms with E-state index in [1.165, 1.54) is 103 Å². The van der Waals surface area contributed by atoms with Crippen molar-refractivity contribution in [3.63, 3.8) is 0 Å². The number of aliphatic hydroxyl groups excluding tert-OH is 1. The number of rotatable bonds is 5. The van der Waals surface area contributed by atoms with E-state index in [9.17, 15) is 40.3 Å². The van der Waals surface area contributed by atoms with E-state index in [1.54, 1.807) is 0 Å². The molecule has 4 aliphatic rings. The number of alkyl halides is 6. The first kappa shape index (κ1) is 36.7. The molecule has 0 aromatic carbocycles. The normalized spacial score (nSPS) is 22.5. The van der Waals surface area contributed by atoms with Gasteiger partial charge in [-0.25, -0.2) is 0 Å². The SMILES string of the molecule is O=C(/C=C(\O)C(F)(F)F)C(F)(F)F.O=P(C1CCCC1)(C1CCCC1)C1CCCC1.O=PC1CCCC1.[Eu]. The average molecular weight is 730 g/mol. The number of ketones is 1. The number of hydrogen-bond acceptors (Lipinski definition) is 4. The molecule has 4 saturated carbocycles. The summed E-state index contributed by atoms with van der Waals surface area (Å²) in [7, 11) is -1.49. The molecule has 0 aliphatic heterocycles. The molecule has 1 radical (unpaired) electrons. The summed E-state index contributed by atoms with van der Waals surface area (Å²) in [6.45, 7) is 0. The third-order valence-corrected chi connectivity index (χ3v) is 13.8. The molecule has 1 N–H and O–H groups in total. The van der Waals surface area contributed by atoms with Crippen LogP contribution in [-0.4, -0.2) is 45.9 Å². The number of halogens is 6. The van der Waals surface area contributed by atoms with Crippen LogP contribution < -0.4 is 0 Å². The minimum Gasteiger partial charge on any atom is -0.504 e. The molecule has 4 aliphatic carbocycles. The largest absolute Gasteiger partial charge is 0.504 e. The van der Waals surface area contributed by atoms with E-state index in [1.807, 2.05) is 0 Å². The quantitative estimate of drug-likeness (QED) is 0.133. The average Bonchev–Trinajstić information content (AvgIpc) is 3.67. The zero-order valence-electron chi connectivity index (χ0n) is 21.4. The van der Waals surface area contributed by atoms with Gasteiger partial charge in [-0.1, -0.05) is 51.4 Å². The van der Waals surface area contributed by atoms with Gasteiger partial charge in [-0.2, -0.15) is 26.3 Å². The van der Waals surface area contributed by atoms with Crippen molar-refractivity contribution in [1.82, 2.24) is 0 Å². The van der Waals surface area contributed by atoms with Gasteiger partial charge < -0.3 is 9.67 Å². The molecule has 0 bridgehead atoms. The Morgan fingerprint density at radius 1 is 0.684 bits per heavy atom. The molecule has 0 aromatic rings. The fourth-order valence-electron chi connectivity index (χ4n) is 6.12. The molecule has 0 atom stereocenters. The Morgan fingerprint density at radius 2 is 1.00 bits per heavy atom. The third kappa shape index (κ3) is 11.2. The van der Waals surface area contributed by atoms with Crippen LogP contribution in [0.15, 0.2) is 11.8 Å². The zero-order chi connectivity index (χ0) is 27.7. The van der Waals surface area contributed by atoms with Crippen molar-refractivity contribution in [1.29, 1.82) is 0 Å². The summed E-state index contributed by atoms with van der Waals surface area (Å²) in [6, 6.07) is 0. The first-order valence-corrected chi connectivity index (χ1v) is 16.1. The fraction of sp³-hybridized carbons (Fsp3) is 0.880. The van der Waals surface area contributed by atoms with Gasteiger partial charge in [-0.05, 0) is 51.4 Å². The van der Waals surface area contributed by atoms with Crippen LogP contribution in [0.1, 0.15) is 103 Å². The summed E-state index contributed by atoms with van der Waals surface area (Å²) in [5.41, 5.74) is 2.45. The number of allylic oxidation sites excluding steroid dienone is 2. The van der Waals surface area contributed by atoms with Crippen molar-refractivity contribution < 1.29 is 94.8 Å². The molecular formula is C25H38EuF6O4P2. The van der Waals surface area contributed by atoms with Gasteiger partial charge in [0.2, 0.25) is 5.76 Å². The third-order valence-electron chi connectivity index (χ3n) is 8.00. The summed E-state index contributed by atoms with van der Waals surface area (Å²) in [5, 5.41) is 7.93. The molecule has 0 aromatic heterocycles. The number of carbonyl (C=O) groups excluding carboxylic acids is 1. The Hall–Kier alpha value is 0.704. The Morgan fingerprint density at radius 3 is 1.24 bits per heavy atom. The second kappa shape index (κ2) is 17.0. The summed E-state index contributed by atoms with van der Waals surface area (Å²) >= 11 is 0. The minimum atomic E-state index is -5.42. The van der Waals surface area contributed by atoms with Crippen LogP contribution in [0.3, 0.4) is 0 Å². The maximum atomic E-state index is 13.8. The van der Waals surface area contributed by atoms with Crippen molar-refractivity contribution in [3.8, 4) is 0 Å². The van der Waals surface area contributed by atoms with Crippen LogP contribution in [0.4, 0.5) is 26.3 Å². The van der Waals surface area contributed by atoms with E-state index in [4.69, 9.17) is 5.11 Å². The van der Waals surface area contributed by atoms with Gasteiger partial charge in [0.15, 0.2) is 8.46 Å². The van der Waals surface area contributed by atoms with E-state index in [0.717, 1.165) is 0 Å². The second-order valence-corrected chi connectivity index (χ2v) is 15.2. The molecule has 0 saturated heterocycles. The fourth-order valence-corrected chi connectivity index (χ4v) is 12.0. The van der Waals surface area contributed by atoms with Crippen LogP contribution >= 0.6 is 15.6 Å². The minimum absolute atomic E-state index is 0. The van der Waals surface area contributed by atoms with Gasteiger partial charge in [0.05, 0.1) is 7.14 Å². The van der Waals surface area contributed by atoms with Crippen molar-refractivity contribution in [2.24, 2.45) is 0 Å². The maximum Gasteiger partial charge on any atom is 0.454 e. The van der Waals surface area contributed by atoms with Crippen LogP contribution in [0.5, 0.6) is 0 Å². The molecule has 0 unspecified atom stereocenters. The van der Waals surface area contributed by atoms with Crippen LogP contribution in [0.2, 0.25) is 0 Å².